The van der Waals surface area contributed by atoms with Crippen LogP contribution in [-0.2, 0) is 10.0 Å². The standard InChI is InChI=1S/C13H13FN2O2S/c1-2-19(17,18)16-13-9-15-7-6-12(13)10-4-3-5-11(14)8-10/h3-9,16H,2H2,1H3. The molecular weight excluding hydrogens is 267 g/mol. The van der Waals surface area contributed by atoms with Crippen LogP contribution >= 0.6 is 0 Å². The minimum atomic E-state index is -3.40. The van der Waals surface area contributed by atoms with Crippen molar-refractivity contribution < 1.29 is 12.8 Å². The lowest BCUT2D eigenvalue weighted by Gasteiger charge is -2.11. The quantitative estimate of drug-likeness (QED) is 0.936. The second-order valence-electron chi connectivity index (χ2n) is 3.94. The third-order valence-electron chi connectivity index (χ3n) is 2.60. The molecule has 0 bridgehead atoms. The van der Waals surface area contributed by atoms with Crippen molar-refractivity contribution in [3.8, 4) is 11.1 Å². The number of pyridine rings is 1. The van der Waals surface area contributed by atoms with Crippen LogP contribution in [0.4, 0.5) is 10.1 Å². The number of anilines is 1. The van der Waals surface area contributed by atoms with Crippen molar-refractivity contribution in [3.63, 3.8) is 0 Å². The molecule has 6 heteroatoms. The van der Waals surface area contributed by atoms with Gasteiger partial charge in [-0.2, -0.15) is 0 Å². The minimum Gasteiger partial charge on any atom is -0.281 e. The molecule has 0 saturated heterocycles. The van der Waals surface area contributed by atoms with Crippen LogP contribution in [-0.4, -0.2) is 19.2 Å². The number of hydrogen-bond acceptors (Lipinski definition) is 3. The van der Waals surface area contributed by atoms with Crippen LogP contribution in [0.25, 0.3) is 11.1 Å². The van der Waals surface area contributed by atoms with Crippen molar-refractivity contribution in [2.24, 2.45) is 0 Å². The number of nitrogens with zero attached hydrogens (tertiary/aromatic N) is 1. The molecule has 2 aromatic rings. The van der Waals surface area contributed by atoms with E-state index in [-0.39, 0.29) is 11.6 Å². The first-order valence-corrected chi connectivity index (χ1v) is 7.37. The second-order valence-corrected chi connectivity index (χ2v) is 5.95. The molecule has 0 aliphatic carbocycles. The van der Waals surface area contributed by atoms with E-state index >= 15 is 0 Å². The van der Waals surface area contributed by atoms with Crippen LogP contribution in [0.5, 0.6) is 0 Å². The fourth-order valence-corrected chi connectivity index (χ4v) is 2.27. The van der Waals surface area contributed by atoms with Gasteiger partial charge in [-0.3, -0.25) is 9.71 Å². The maximum absolute atomic E-state index is 13.2. The predicted octanol–water partition coefficient (Wildman–Crippen LogP) is 2.65. The highest BCUT2D eigenvalue weighted by atomic mass is 32.2. The first-order chi connectivity index (χ1) is 9.02. The third-order valence-corrected chi connectivity index (χ3v) is 3.89. The Labute approximate surface area is 111 Å². The summed E-state index contributed by atoms with van der Waals surface area (Å²) in [5.74, 6) is -0.414. The average Bonchev–Trinajstić information content (AvgIpc) is 2.39. The van der Waals surface area contributed by atoms with Gasteiger partial charge >= 0.3 is 0 Å². The Hall–Kier alpha value is -1.95. The Bertz CT molecular complexity index is 687. The number of hydrogen-bond donors (Lipinski definition) is 1. The maximum atomic E-state index is 13.2. The number of halogens is 1. The topological polar surface area (TPSA) is 59.1 Å². The Kier molecular flexibility index (Phi) is 3.80. The Morgan fingerprint density at radius 1 is 1.32 bits per heavy atom. The normalized spacial score (nSPS) is 11.3. The lowest BCUT2D eigenvalue weighted by Crippen LogP contribution is -2.15. The van der Waals surface area contributed by atoms with Gasteiger partial charge in [0.15, 0.2) is 0 Å². The summed E-state index contributed by atoms with van der Waals surface area (Å²) in [5, 5.41) is 0. The van der Waals surface area contributed by atoms with Gasteiger partial charge in [-0.1, -0.05) is 12.1 Å². The number of benzene rings is 1. The molecule has 100 valence electrons. The van der Waals surface area contributed by atoms with Gasteiger partial charge in [0, 0.05) is 11.8 Å². The molecular formula is C13H13FN2O2S. The zero-order valence-electron chi connectivity index (χ0n) is 10.3. The molecule has 19 heavy (non-hydrogen) atoms. The predicted molar refractivity (Wildman–Crippen MR) is 72.7 cm³/mol. The number of sulfonamides is 1. The highest BCUT2D eigenvalue weighted by Crippen LogP contribution is 2.28. The first-order valence-electron chi connectivity index (χ1n) is 5.72. The van der Waals surface area contributed by atoms with E-state index in [0.29, 0.717) is 16.8 Å². The summed E-state index contributed by atoms with van der Waals surface area (Å²) >= 11 is 0. The molecule has 4 nitrogen and oxygen atoms in total. The summed E-state index contributed by atoms with van der Waals surface area (Å²) in [5.41, 5.74) is 1.53. The highest BCUT2D eigenvalue weighted by Gasteiger charge is 2.12. The molecule has 0 saturated carbocycles. The SMILES string of the molecule is CCS(=O)(=O)Nc1cnccc1-c1cccc(F)c1. The smallest absolute Gasteiger partial charge is 0.232 e. The summed E-state index contributed by atoms with van der Waals surface area (Å²) in [7, 11) is -3.40. The molecule has 0 aliphatic heterocycles. The van der Waals surface area contributed by atoms with Gasteiger partial charge in [0.2, 0.25) is 10.0 Å². The van der Waals surface area contributed by atoms with Gasteiger partial charge < -0.3 is 0 Å². The molecule has 2 rings (SSSR count). The van der Waals surface area contributed by atoms with E-state index in [9.17, 15) is 12.8 Å². The van der Waals surface area contributed by atoms with Crippen molar-refractivity contribution in [2.45, 2.75) is 6.92 Å². The fraction of sp³-hybridized carbons (Fsp3) is 0.154. The van der Waals surface area contributed by atoms with Crippen molar-refractivity contribution in [3.05, 3.63) is 48.5 Å². The van der Waals surface area contributed by atoms with Crippen LogP contribution < -0.4 is 4.72 Å². The molecule has 1 aromatic heterocycles. The Morgan fingerprint density at radius 3 is 2.79 bits per heavy atom. The van der Waals surface area contributed by atoms with E-state index in [1.54, 1.807) is 25.1 Å². The van der Waals surface area contributed by atoms with Gasteiger partial charge in [-0.05, 0) is 30.7 Å². The molecule has 0 aliphatic rings. The van der Waals surface area contributed by atoms with Gasteiger partial charge in [0.05, 0.1) is 17.6 Å². The lowest BCUT2D eigenvalue weighted by atomic mass is 10.1. The van der Waals surface area contributed by atoms with Crippen molar-refractivity contribution in [1.29, 1.82) is 0 Å². The average molecular weight is 280 g/mol. The molecule has 1 aromatic carbocycles. The van der Waals surface area contributed by atoms with Gasteiger partial charge in [-0.25, -0.2) is 12.8 Å². The summed E-state index contributed by atoms with van der Waals surface area (Å²) in [6, 6.07) is 7.60. The van der Waals surface area contributed by atoms with E-state index in [4.69, 9.17) is 0 Å². The van der Waals surface area contributed by atoms with E-state index in [1.165, 1.54) is 24.5 Å². The molecule has 0 atom stereocenters. The monoisotopic (exact) mass is 280 g/mol. The van der Waals surface area contributed by atoms with E-state index < -0.39 is 10.0 Å². The molecule has 0 fully saturated rings. The van der Waals surface area contributed by atoms with Crippen LogP contribution in [0.2, 0.25) is 0 Å². The van der Waals surface area contributed by atoms with Crippen molar-refractivity contribution >= 4 is 15.7 Å². The Morgan fingerprint density at radius 2 is 2.11 bits per heavy atom. The van der Waals surface area contributed by atoms with Crippen molar-refractivity contribution in [1.82, 2.24) is 4.98 Å². The molecule has 0 amide bonds. The second kappa shape index (κ2) is 5.36. The van der Waals surface area contributed by atoms with E-state index in [1.807, 2.05) is 0 Å². The maximum Gasteiger partial charge on any atom is 0.232 e. The van der Waals surface area contributed by atoms with Gasteiger partial charge in [-0.15, -0.1) is 0 Å². The van der Waals surface area contributed by atoms with Crippen molar-refractivity contribution in [2.75, 3.05) is 10.5 Å². The summed E-state index contributed by atoms with van der Waals surface area (Å²) in [6.07, 6.45) is 2.94. The van der Waals surface area contributed by atoms with Crippen LogP contribution in [0.1, 0.15) is 6.92 Å². The summed E-state index contributed by atoms with van der Waals surface area (Å²) < 4.78 is 38.9. The lowest BCUT2D eigenvalue weighted by molar-refractivity contribution is 0.602. The zero-order chi connectivity index (χ0) is 13.9. The molecule has 0 spiro atoms. The third kappa shape index (κ3) is 3.29. The van der Waals surface area contributed by atoms with Crippen LogP contribution in [0.15, 0.2) is 42.7 Å². The Balaban J connectivity index is 2.48. The van der Waals surface area contributed by atoms with Crippen LogP contribution in [0, 0.1) is 5.82 Å². The largest absolute Gasteiger partial charge is 0.281 e. The number of aromatic nitrogens is 1. The van der Waals surface area contributed by atoms with Gasteiger partial charge in [0.1, 0.15) is 5.82 Å². The highest BCUT2D eigenvalue weighted by molar-refractivity contribution is 7.92. The number of nitrogens with one attached hydrogen (secondary N) is 1. The van der Waals surface area contributed by atoms with E-state index in [0.717, 1.165) is 0 Å². The molecule has 1 N–H and O–H groups in total. The molecule has 0 radical (unpaired) electrons. The number of rotatable bonds is 4. The van der Waals surface area contributed by atoms with Crippen LogP contribution in [0.3, 0.4) is 0 Å². The first kappa shape index (κ1) is 13.5. The molecule has 0 unspecified atom stereocenters. The minimum absolute atomic E-state index is 0.0372. The van der Waals surface area contributed by atoms with E-state index in [2.05, 4.69) is 9.71 Å². The zero-order valence-corrected chi connectivity index (χ0v) is 11.1. The fourth-order valence-electron chi connectivity index (χ4n) is 1.62. The molecule has 1 heterocycles. The summed E-state index contributed by atoms with van der Waals surface area (Å²) in [4.78, 5) is 3.89. The summed E-state index contributed by atoms with van der Waals surface area (Å²) in [6.45, 7) is 1.54. The van der Waals surface area contributed by atoms with Gasteiger partial charge in [0.25, 0.3) is 0 Å².